The molecule has 32 heavy (non-hydrogen) atoms. The van der Waals surface area contributed by atoms with Gasteiger partial charge in [-0.25, -0.2) is 0 Å². The minimum Gasteiger partial charge on any atom is -0.496 e. The third kappa shape index (κ3) is 5.45. The van der Waals surface area contributed by atoms with Crippen molar-refractivity contribution in [3.8, 4) is 16.9 Å². The Morgan fingerprint density at radius 3 is 2.34 bits per heavy atom. The van der Waals surface area contributed by atoms with Crippen LogP contribution in [0.2, 0.25) is 0 Å². The summed E-state index contributed by atoms with van der Waals surface area (Å²) in [5.41, 5.74) is 11.0. The molecule has 0 spiro atoms. The molecule has 3 nitrogen and oxygen atoms in total. The molecule has 3 aromatic rings. The number of hydrogen-bond acceptors (Lipinski definition) is 3. The highest BCUT2D eigenvalue weighted by molar-refractivity contribution is 6.05. The second-order valence-electron chi connectivity index (χ2n) is 7.39. The lowest BCUT2D eigenvalue weighted by Gasteiger charge is -2.14. The van der Waals surface area contributed by atoms with Crippen LogP contribution in [0.3, 0.4) is 0 Å². The minimum absolute atomic E-state index is 0.119. The summed E-state index contributed by atoms with van der Waals surface area (Å²) in [6.07, 6.45) is -5.36. The Bertz CT molecular complexity index is 1150. The summed E-state index contributed by atoms with van der Waals surface area (Å²) in [7, 11) is 1.63. The first kappa shape index (κ1) is 23.3. The Morgan fingerprint density at radius 1 is 1.00 bits per heavy atom. The first-order chi connectivity index (χ1) is 15.2. The number of nitrogens with zero attached hydrogens (tertiary/aromatic N) is 1. The van der Waals surface area contributed by atoms with Crippen molar-refractivity contribution in [3.63, 3.8) is 0 Å². The monoisotopic (exact) mass is 438 g/mol. The third-order valence-corrected chi connectivity index (χ3v) is 5.14. The Kier molecular flexibility index (Phi) is 7.15. The van der Waals surface area contributed by atoms with Crippen LogP contribution in [0.5, 0.6) is 5.75 Å². The number of halogens is 3. The average Bonchev–Trinajstić information content (AvgIpc) is 2.76. The number of aliphatic imine (C=N–C) groups is 1. The molecule has 6 heteroatoms. The number of methoxy groups -OCH3 is 1. The molecule has 2 N–H and O–H groups in total. The molecule has 0 aliphatic carbocycles. The first-order valence-electron chi connectivity index (χ1n) is 10.1. The number of nitrogens with two attached hydrogens (primary N) is 1. The molecule has 3 rings (SSSR count). The maximum Gasteiger partial charge on any atom is 0.393 e. The van der Waals surface area contributed by atoms with Crippen LogP contribution in [0.15, 0.2) is 78.3 Å². The number of alkyl halides is 3. The molecule has 0 bridgehead atoms. The summed E-state index contributed by atoms with van der Waals surface area (Å²) < 4.78 is 44.3. The highest BCUT2D eigenvalue weighted by atomic mass is 19.4. The standard InChI is InChI=1S/C26H25F3N2O/c1-17-14-19(12-13-21(17)23-10-6-7-11-25(23)32-3)24(16-30)31-18(2)22-9-5-4-8-20(22)15-26(27,28)29/h4-14H,2,15-16,30H2,1,3H3. The molecule has 0 saturated carbocycles. The van der Waals surface area contributed by atoms with Gasteiger partial charge in [-0.15, -0.1) is 0 Å². The van der Waals surface area contributed by atoms with Crippen molar-refractivity contribution in [1.82, 2.24) is 0 Å². The van der Waals surface area contributed by atoms with E-state index in [9.17, 15) is 13.2 Å². The summed E-state index contributed by atoms with van der Waals surface area (Å²) >= 11 is 0. The van der Waals surface area contributed by atoms with Gasteiger partial charge in [0.05, 0.1) is 24.9 Å². The van der Waals surface area contributed by atoms with Crippen molar-refractivity contribution in [2.75, 3.05) is 13.7 Å². The van der Waals surface area contributed by atoms with Crippen LogP contribution in [-0.4, -0.2) is 25.5 Å². The molecule has 166 valence electrons. The molecule has 0 atom stereocenters. The van der Waals surface area contributed by atoms with E-state index in [1.165, 1.54) is 6.07 Å². The minimum atomic E-state index is -4.32. The normalized spacial score (nSPS) is 12.0. The molecule has 0 aliphatic rings. The molecular formula is C26H25F3N2O. The fraction of sp³-hybridized carbons (Fsp3) is 0.192. The molecular weight excluding hydrogens is 413 g/mol. The van der Waals surface area contributed by atoms with E-state index in [2.05, 4.69) is 11.6 Å². The summed E-state index contributed by atoms with van der Waals surface area (Å²) in [6.45, 7) is 6.01. The molecule has 3 aromatic carbocycles. The molecule has 0 aliphatic heterocycles. The molecule has 0 amide bonds. The number of rotatable bonds is 7. The van der Waals surface area contributed by atoms with E-state index >= 15 is 0 Å². The summed E-state index contributed by atoms with van der Waals surface area (Å²) in [5.74, 6) is 0.769. The predicted octanol–water partition coefficient (Wildman–Crippen LogP) is 6.19. The van der Waals surface area contributed by atoms with Crippen LogP contribution in [0.25, 0.3) is 16.8 Å². The SMILES string of the molecule is C=C(N=C(CN)c1ccc(-c2ccccc2OC)c(C)c1)c1ccccc1CC(F)(F)F. The highest BCUT2D eigenvalue weighted by Gasteiger charge is 2.29. The second kappa shape index (κ2) is 9.83. The quantitative estimate of drug-likeness (QED) is 0.447. The van der Waals surface area contributed by atoms with Gasteiger partial charge in [-0.05, 0) is 41.3 Å². The van der Waals surface area contributed by atoms with Crippen LogP contribution < -0.4 is 10.5 Å². The number of hydrogen-bond donors (Lipinski definition) is 1. The van der Waals surface area contributed by atoms with Crippen molar-refractivity contribution in [3.05, 3.63) is 95.6 Å². The number of para-hydroxylation sites is 1. The lowest BCUT2D eigenvalue weighted by atomic mass is 9.96. The lowest BCUT2D eigenvalue weighted by Crippen LogP contribution is -2.16. The number of aryl methyl sites for hydroxylation is 1. The van der Waals surface area contributed by atoms with Crippen LogP contribution in [0.1, 0.15) is 22.3 Å². The zero-order valence-corrected chi connectivity index (χ0v) is 18.0. The maximum atomic E-state index is 13.0. The van der Waals surface area contributed by atoms with Gasteiger partial charge in [-0.1, -0.05) is 61.2 Å². The Hall–Kier alpha value is -3.38. The molecule has 0 heterocycles. The Morgan fingerprint density at radius 2 is 1.69 bits per heavy atom. The number of benzene rings is 3. The van der Waals surface area contributed by atoms with E-state index in [-0.39, 0.29) is 17.8 Å². The van der Waals surface area contributed by atoms with Crippen molar-refractivity contribution < 1.29 is 17.9 Å². The van der Waals surface area contributed by atoms with E-state index < -0.39 is 12.6 Å². The summed E-state index contributed by atoms with van der Waals surface area (Å²) in [4.78, 5) is 4.51. The van der Waals surface area contributed by atoms with Gasteiger partial charge < -0.3 is 10.5 Å². The number of ether oxygens (including phenoxy) is 1. The maximum absolute atomic E-state index is 13.0. The third-order valence-electron chi connectivity index (χ3n) is 5.14. The van der Waals surface area contributed by atoms with Gasteiger partial charge in [0, 0.05) is 17.7 Å². The largest absolute Gasteiger partial charge is 0.496 e. The first-order valence-corrected chi connectivity index (χ1v) is 10.1. The lowest BCUT2D eigenvalue weighted by molar-refractivity contribution is -0.127. The second-order valence-corrected chi connectivity index (χ2v) is 7.39. The van der Waals surface area contributed by atoms with Gasteiger partial charge in [-0.3, -0.25) is 4.99 Å². The zero-order chi connectivity index (χ0) is 23.3. The van der Waals surface area contributed by atoms with Crippen molar-refractivity contribution in [2.45, 2.75) is 19.5 Å². The van der Waals surface area contributed by atoms with Gasteiger partial charge in [0.1, 0.15) is 5.75 Å². The van der Waals surface area contributed by atoms with Gasteiger partial charge in [-0.2, -0.15) is 13.2 Å². The molecule has 0 aromatic heterocycles. The van der Waals surface area contributed by atoms with Crippen LogP contribution in [-0.2, 0) is 6.42 Å². The van der Waals surface area contributed by atoms with E-state index in [1.807, 2.05) is 49.4 Å². The van der Waals surface area contributed by atoms with Crippen molar-refractivity contribution >= 4 is 11.4 Å². The van der Waals surface area contributed by atoms with Crippen LogP contribution in [0.4, 0.5) is 13.2 Å². The van der Waals surface area contributed by atoms with Gasteiger partial charge >= 0.3 is 6.18 Å². The van der Waals surface area contributed by atoms with Gasteiger partial charge in [0.2, 0.25) is 0 Å². The summed E-state index contributed by atoms with van der Waals surface area (Å²) in [6, 6.07) is 19.8. The molecule has 0 unspecified atom stereocenters. The average molecular weight is 438 g/mol. The van der Waals surface area contributed by atoms with E-state index in [0.717, 1.165) is 28.0 Å². The van der Waals surface area contributed by atoms with Crippen LogP contribution in [0, 0.1) is 6.92 Å². The van der Waals surface area contributed by atoms with Crippen LogP contribution >= 0.6 is 0 Å². The van der Waals surface area contributed by atoms with Crippen molar-refractivity contribution in [1.29, 1.82) is 0 Å². The van der Waals surface area contributed by atoms with Gasteiger partial charge in [0.15, 0.2) is 0 Å². The van der Waals surface area contributed by atoms with E-state index in [4.69, 9.17) is 10.5 Å². The summed E-state index contributed by atoms with van der Waals surface area (Å²) in [5, 5.41) is 0. The predicted molar refractivity (Wildman–Crippen MR) is 124 cm³/mol. The molecule has 0 radical (unpaired) electrons. The zero-order valence-electron chi connectivity index (χ0n) is 18.0. The smallest absolute Gasteiger partial charge is 0.393 e. The Labute approximate surface area is 186 Å². The molecule has 0 saturated heterocycles. The van der Waals surface area contributed by atoms with Gasteiger partial charge in [0.25, 0.3) is 0 Å². The molecule has 0 fully saturated rings. The fourth-order valence-corrected chi connectivity index (χ4v) is 3.64. The van der Waals surface area contributed by atoms with Crippen molar-refractivity contribution in [2.24, 2.45) is 10.7 Å². The highest BCUT2D eigenvalue weighted by Crippen LogP contribution is 2.33. The van der Waals surface area contributed by atoms with E-state index in [1.54, 1.807) is 25.3 Å². The fourth-order valence-electron chi connectivity index (χ4n) is 3.64. The van der Waals surface area contributed by atoms with E-state index in [0.29, 0.717) is 11.3 Å². The topological polar surface area (TPSA) is 47.6 Å². The Balaban J connectivity index is 1.96.